The highest BCUT2D eigenvalue weighted by Crippen LogP contribution is 2.25. The number of rotatable bonds is 10. The van der Waals surface area contributed by atoms with Crippen LogP contribution in [0.2, 0.25) is 0 Å². The quantitative estimate of drug-likeness (QED) is 0.485. The minimum absolute atomic E-state index is 0.0688. The van der Waals surface area contributed by atoms with Crippen molar-refractivity contribution >= 4 is 23.1 Å². The summed E-state index contributed by atoms with van der Waals surface area (Å²) in [5.41, 5.74) is 2.65. The molecule has 0 aliphatic rings. The first kappa shape index (κ1) is 22.1. The number of aryl methyl sites for hydroxylation is 1. The van der Waals surface area contributed by atoms with Gasteiger partial charge in [-0.15, -0.1) is 0 Å². The van der Waals surface area contributed by atoms with E-state index in [4.69, 9.17) is 9.47 Å². The monoisotopic (exact) mass is 424 g/mol. The van der Waals surface area contributed by atoms with Crippen LogP contribution in [0.3, 0.4) is 0 Å². The fourth-order valence-electron chi connectivity index (χ4n) is 3.36. The average molecular weight is 425 g/mol. The second-order valence-electron chi connectivity index (χ2n) is 7.19. The number of nitrogens with one attached hydrogen (secondary N) is 2. The van der Waals surface area contributed by atoms with Gasteiger partial charge in [0.05, 0.1) is 19.9 Å². The third kappa shape index (κ3) is 5.75. The van der Waals surface area contributed by atoms with Gasteiger partial charge in [-0.05, 0) is 31.9 Å². The van der Waals surface area contributed by atoms with Gasteiger partial charge in [0, 0.05) is 43.0 Å². The SMILES string of the molecule is COc1cc(NC(=O)CCCCCNC(=O)c2c(C)nc3ccccn23)cc(OC)c1. The Bertz CT molecular complexity index is 1040. The largest absolute Gasteiger partial charge is 0.497 e. The summed E-state index contributed by atoms with van der Waals surface area (Å²) in [4.78, 5) is 29.1. The number of pyridine rings is 1. The van der Waals surface area contributed by atoms with Gasteiger partial charge in [0.25, 0.3) is 5.91 Å². The Labute approximate surface area is 181 Å². The summed E-state index contributed by atoms with van der Waals surface area (Å²) >= 11 is 0. The van der Waals surface area contributed by atoms with E-state index in [-0.39, 0.29) is 11.8 Å². The smallest absolute Gasteiger partial charge is 0.270 e. The zero-order valence-electron chi connectivity index (χ0n) is 18.1. The third-order valence-corrected chi connectivity index (χ3v) is 4.92. The number of unbranched alkanes of at least 4 members (excludes halogenated alkanes) is 2. The number of amides is 2. The highest BCUT2D eigenvalue weighted by Gasteiger charge is 2.15. The topological polar surface area (TPSA) is 94.0 Å². The van der Waals surface area contributed by atoms with E-state index in [1.165, 1.54) is 0 Å². The summed E-state index contributed by atoms with van der Waals surface area (Å²) in [6.07, 6.45) is 4.60. The molecule has 0 saturated heterocycles. The molecule has 0 aliphatic carbocycles. The second kappa shape index (κ2) is 10.5. The lowest BCUT2D eigenvalue weighted by Gasteiger charge is -2.10. The molecule has 1 aromatic carbocycles. The molecular formula is C23H28N4O4. The molecule has 0 spiro atoms. The second-order valence-corrected chi connectivity index (χ2v) is 7.19. The van der Waals surface area contributed by atoms with E-state index in [9.17, 15) is 9.59 Å². The number of methoxy groups -OCH3 is 2. The predicted octanol–water partition coefficient (Wildman–Crippen LogP) is 3.59. The van der Waals surface area contributed by atoms with E-state index in [1.807, 2.05) is 31.3 Å². The van der Waals surface area contributed by atoms with Crippen molar-refractivity contribution < 1.29 is 19.1 Å². The molecule has 3 aromatic rings. The molecule has 8 nitrogen and oxygen atoms in total. The van der Waals surface area contributed by atoms with Gasteiger partial charge in [-0.1, -0.05) is 12.5 Å². The van der Waals surface area contributed by atoms with Crippen molar-refractivity contribution in [3.63, 3.8) is 0 Å². The number of hydrogen-bond acceptors (Lipinski definition) is 5. The highest BCUT2D eigenvalue weighted by molar-refractivity contribution is 5.94. The van der Waals surface area contributed by atoms with Gasteiger partial charge >= 0.3 is 0 Å². The Balaban J connectivity index is 1.39. The summed E-state index contributed by atoms with van der Waals surface area (Å²) in [5, 5.41) is 5.81. The number of aromatic nitrogens is 2. The molecule has 0 saturated carbocycles. The van der Waals surface area contributed by atoms with Crippen molar-refractivity contribution in [2.24, 2.45) is 0 Å². The summed E-state index contributed by atoms with van der Waals surface area (Å²) < 4.78 is 12.2. The first-order chi connectivity index (χ1) is 15.0. The molecule has 31 heavy (non-hydrogen) atoms. The minimum Gasteiger partial charge on any atom is -0.497 e. The maximum absolute atomic E-state index is 12.5. The van der Waals surface area contributed by atoms with E-state index in [0.29, 0.717) is 41.5 Å². The summed E-state index contributed by atoms with van der Waals surface area (Å²) in [6, 6.07) is 10.9. The number of fused-ring (bicyclic) bond motifs is 1. The van der Waals surface area contributed by atoms with Crippen LogP contribution in [0.5, 0.6) is 11.5 Å². The highest BCUT2D eigenvalue weighted by atomic mass is 16.5. The van der Waals surface area contributed by atoms with Crippen LogP contribution in [0, 0.1) is 6.92 Å². The molecule has 0 fully saturated rings. The van der Waals surface area contributed by atoms with Gasteiger partial charge in [-0.3, -0.25) is 14.0 Å². The summed E-state index contributed by atoms with van der Waals surface area (Å²) in [5.74, 6) is 1.03. The third-order valence-electron chi connectivity index (χ3n) is 4.92. The number of hydrogen-bond donors (Lipinski definition) is 2. The summed E-state index contributed by atoms with van der Waals surface area (Å²) in [6.45, 7) is 2.38. The molecule has 0 bridgehead atoms. The van der Waals surface area contributed by atoms with E-state index >= 15 is 0 Å². The predicted molar refractivity (Wildman–Crippen MR) is 119 cm³/mol. The lowest BCUT2D eigenvalue weighted by molar-refractivity contribution is -0.116. The van der Waals surface area contributed by atoms with Gasteiger partial charge < -0.3 is 20.1 Å². The first-order valence-corrected chi connectivity index (χ1v) is 10.3. The van der Waals surface area contributed by atoms with Crippen LogP contribution in [-0.4, -0.2) is 42.0 Å². The van der Waals surface area contributed by atoms with Crippen LogP contribution in [0.15, 0.2) is 42.6 Å². The molecule has 2 aromatic heterocycles. The van der Waals surface area contributed by atoms with Crippen molar-refractivity contribution in [1.82, 2.24) is 14.7 Å². The molecule has 0 aliphatic heterocycles. The van der Waals surface area contributed by atoms with Crippen LogP contribution < -0.4 is 20.1 Å². The van der Waals surface area contributed by atoms with Crippen molar-refractivity contribution in [2.75, 3.05) is 26.1 Å². The molecule has 2 N–H and O–H groups in total. The number of nitrogens with zero attached hydrogens (tertiary/aromatic N) is 2. The fraction of sp³-hybridized carbons (Fsp3) is 0.348. The van der Waals surface area contributed by atoms with E-state index in [2.05, 4.69) is 15.6 Å². The average Bonchev–Trinajstić information content (AvgIpc) is 3.11. The van der Waals surface area contributed by atoms with E-state index < -0.39 is 0 Å². The lowest BCUT2D eigenvalue weighted by Crippen LogP contribution is -2.26. The maximum Gasteiger partial charge on any atom is 0.270 e. The molecule has 3 rings (SSSR count). The van der Waals surface area contributed by atoms with Crippen LogP contribution in [0.25, 0.3) is 5.65 Å². The van der Waals surface area contributed by atoms with Gasteiger partial charge in [-0.25, -0.2) is 4.98 Å². The Morgan fingerprint density at radius 3 is 2.48 bits per heavy atom. The van der Waals surface area contributed by atoms with Gasteiger partial charge in [0.2, 0.25) is 5.91 Å². The van der Waals surface area contributed by atoms with Crippen LogP contribution >= 0.6 is 0 Å². The number of anilines is 1. The van der Waals surface area contributed by atoms with Crippen LogP contribution in [0.1, 0.15) is 41.9 Å². The number of imidazole rings is 1. The van der Waals surface area contributed by atoms with Gasteiger partial charge in [0.1, 0.15) is 22.8 Å². The van der Waals surface area contributed by atoms with Crippen molar-refractivity contribution in [2.45, 2.75) is 32.6 Å². The Morgan fingerprint density at radius 2 is 1.77 bits per heavy atom. The van der Waals surface area contributed by atoms with Crippen LogP contribution in [0.4, 0.5) is 5.69 Å². The fourth-order valence-corrected chi connectivity index (χ4v) is 3.36. The molecule has 2 heterocycles. The van der Waals surface area contributed by atoms with Crippen molar-refractivity contribution in [1.29, 1.82) is 0 Å². The Hall–Kier alpha value is -3.55. The standard InChI is InChI=1S/C23H28N4O4/c1-16-22(27-12-8-6-9-20(27)25-16)23(29)24-11-7-4-5-10-21(28)26-17-13-18(30-2)15-19(14-17)31-3/h6,8-9,12-15H,4-5,7,10-11H2,1-3H3,(H,24,29)(H,26,28). The van der Waals surface area contributed by atoms with Crippen molar-refractivity contribution in [3.05, 3.63) is 54.0 Å². The zero-order chi connectivity index (χ0) is 22.2. The number of carbonyl (C=O) groups excluding carboxylic acids is 2. The molecular weight excluding hydrogens is 396 g/mol. The maximum atomic E-state index is 12.5. The van der Waals surface area contributed by atoms with E-state index in [0.717, 1.165) is 24.9 Å². The van der Waals surface area contributed by atoms with E-state index in [1.54, 1.807) is 36.8 Å². The molecule has 164 valence electrons. The van der Waals surface area contributed by atoms with Gasteiger partial charge in [-0.2, -0.15) is 0 Å². The zero-order valence-corrected chi connectivity index (χ0v) is 18.1. The normalized spacial score (nSPS) is 10.7. The molecule has 0 unspecified atom stereocenters. The molecule has 0 atom stereocenters. The number of carbonyl (C=O) groups is 2. The van der Waals surface area contributed by atoms with Crippen LogP contribution in [-0.2, 0) is 4.79 Å². The number of ether oxygens (including phenoxy) is 2. The molecule has 0 radical (unpaired) electrons. The minimum atomic E-state index is -0.138. The van der Waals surface area contributed by atoms with Crippen molar-refractivity contribution in [3.8, 4) is 11.5 Å². The summed E-state index contributed by atoms with van der Waals surface area (Å²) in [7, 11) is 3.13. The number of benzene rings is 1. The Kier molecular flexibility index (Phi) is 7.48. The Morgan fingerprint density at radius 1 is 1.03 bits per heavy atom. The first-order valence-electron chi connectivity index (χ1n) is 10.3. The molecule has 2 amide bonds. The lowest BCUT2D eigenvalue weighted by atomic mass is 10.2. The van der Waals surface area contributed by atoms with Gasteiger partial charge in [0.15, 0.2) is 0 Å². The molecule has 8 heteroatoms.